The minimum Gasteiger partial charge on any atom is -0.505 e. The average molecular weight is 959 g/mol. The third-order valence-corrected chi connectivity index (χ3v) is 16.1. The van der Waals surface area contributed by atoms with Crippen molar-refractivity contribution < 1.29 is 9.52 Å². The van der Waals surface area contributed by atoms with E-state index in [4.69, 9.17) is 4.42 Å². The van der Waals surface area contributed by atoms with Crippen molar-refractivity contribution in [1.29, 1.82) is 0 Å². The summed E-state index contributed by atoms with van der Waals surface area (Å²) in [5, 5.41) is 20.9. The fourth-order valence-corrected chi connectivity index (χ4v) is 12.3. The lowest BCUT2D eigenvalue weighted by Crippen LogP contribution is -2.26. The van der Waals surface area contributed by atoms with E-state index >= 15 is 0 Å². The second kappa shape index (κ2) is 17.9. The zero-order valence-corrected chi connectivity index (χ0v) is 42.8. The fourth-order valence-electron chi connectivity index (χ4n) is 12.3. The molecular formula is C70H58N2O2. The summed E-state index contributed by atoms with van der Waals surface area (Å²) in [4.78, 5) is 4.86. The van der Waals surface area contributed by atoms with Crippen LogP contribution in [0.25, 0.3) is 71.6 Å². The van der Waals surface area contributed by atoms with E-state index in [1.54, 1.807) is 0 Å². The molecule has 360 valence electrons. The summed E-state index contributed by atoms with van der Waals surface area (Å²) in [6.45, 7) is 13.2. The van der Waals surface area contributed by atoms with Gasteiger partial charge in [-0.05, 0) is 143 Å². The minimum atomic E-state index is -0.128. The molecule has 0 saturated heterocycles. The number of fused-ring (bicyclic) bond motifs is 3. The summed E-state index contributed by atoms with van der Waals surface area (Å²) in [5.74, 6) is 1.87. The number of phenols is 1. The molecule has 3 unspecified atom stereocenters. The zero-order chi connectivity index (χ0) is 50.4. The molecule has 11 aromatic rings. The van der Waals surface area contributed by atoms with Crippen LogP contribution in [-0.2, 0) is 0 Å². The summed E-state index contributed by atoms with van der Waals surface area (Å²) in [6.07, 6.45) is 14.2. The van der Waals surface area contributed by atoms with E-state index in [0.717, 1.165) is 95.7 Å². The van der Waals surface area contributed by atoms with Crippen molar-refractivity contribution in [2.75, 3.05) is 9.80 Å². The molecule has 2 aliphatic rings. The molecule has 10 aromatic carbocycles. The molecule has 1 N–H and O–H groups in total. The first-order valence-corrected chi connectivity index (χ1v) is 26.1. The maximum absolute atomic E-state index is 12.8. The van der Waals surface area contributed by atoms with Crippen LogP contribution >= 0.6 is 0 Å². The van der Waals surface area contributed by atoms with Gasteiger partial charge in [0.25, 0.3) is 0 Å². The number of nitrogens with zero attached hydrogens (tertiary/aromatic N) is 2. The van der Waals surface area contributed by atoms with E-state index in [9.17, 15) is 5.11 Å². The third-order valence-electron chi connectivity index (χ3n) is 16.1. The van der Waals surface area contributed by atoms with Crippen LogP contribution in [0.2, 0.25) is 0 Å². The summed E-state index contributed by atoms with van der Waals surface area (Å²) < 4.78 is 7.27. The molecule has 2 aliphatic carbocycles. The Morgan fingerprint density at radius 2 is 1.16 bits per heavy atom. The van der Waals surface area contributed by atoms with Crippen molar-refractivity contribution in [3.63, 3.8) is 0 Å². The summed E-state index contributed by atoms with van der Waals surface area (Å²) in [5.41, 5.74) is 18.3. The molecule has 3 atom stereocenters. The van der Waals surface area contributed by atoms with Crippen molar-refractivity contribution in [3.05, 3.63) is 245 Å². The zero-order valence-electron chi connectivity index (χ0n) is 42.8. The van der Waals surface area contributed by atoms with Gasteiger partial charge in [-0.25, -0.2) is 0 Å². The molecule has 0 radical (unpaired) electrons. The van der Waals surface area contributed by atoms with Crippen LogP contribution in [-0.4, -0.2) is 5.11 Å². The number of rotatable bonds is 9. The van der Waals surface area contributed by atoms with Gasteiger partial charge in [-0.3, -0.25) is 0 Å². The monoisotopic (exact) mass is 958 g/mol. The number of allylic oxidation sites excluding steroid dienone is 4. The topological polar surface area (TPSA) is 39.9 Å². The Labute approximate surface area is 433 Å². The van der Waals surface area contributed by atoms with Gasteiger partial charge in [0.2, 0.25) is 0 Å². The SMILES string of the molecule is Cc1ccc(C)c(N(c2cccc(-c3cccc(C4C=CC=CC4C)c3)c2O)c2ccc3ccc4c(N(c5cc(C)ccc5C)C5CC=Cc6c5oc5c(-c7ccccc7C)cccc65)ccc5ccc2c3c54)c1. The van der Waals surface area contributed by atoms with E-state index in [0.29, 0.717) is 5.92 Å². The fraction of sp³-hybridized carbons (Fsp3) is 0.143. The van der Waals surface area contributed by atoms with Gasteiger partial charge in [0.15, 0.2) is 0 Å². The predicted molar refractivity (Wildman–Crippen MR) is 312 cm³/mol. The molecule has 74 heavy (non-hydrogen) atoms. The lowest BCUT2D eigenvalue weighted by Gasteiger charge is -2.36. The Morgan fingerprint density at radius 1 is 0.514 bits per heavy atom. The molecule has 13 rings (SSSR count). The van der Waals surface area contributed by atoms with Crippen LogP contribution in [0.5, 0.6) is 5.75 Å². The van der Waals surface area contributed by atoms with Crippen LogP contribution in [0.4, 0.5) is 28.4 Å². The lowest BCUT2D eigenvalue weighted by molar-refractivity contribution is 0.478. The number of hydrogen-bond acceptors (Lipinski definition) is 4. The normalized spacial score (nSPS) is 16.2. The maximum Gasteiger partial charge on any atom is 0.147 e. The van der Waals surface area contributed by atoms with Crippen molar-refractivity contribution in [2.24, 2.45) is 5.92 Å². The van der Waals surface area contributed by atoms with Gasteiger partial charge in [-0.15, -0.1) is 0 Å². The number of aryl methyl sites for hydroxylation is 5. The number of phenolic OH excluding ortho intramolecular Hbond substituents is 1. The maximum atomic E-state index is 12.8. The average Bonchev–Trinajstić information content (AvgIpc) is 3.82. The Kier molecular flexibility index (Phi) is 10.9. The first-order chi connectivity index (χ1) is 36.1. The molecule has 1 heterocycles. The van der Waals surface area contributed by atoms with Gasteiger partial charge in [0.05, 0.1) is 17.4 Å². The lowest BCUT2D eigenvalue weighted by atomic mass is 9.83. The van der Waals surface area contributed by atoms with Crippen molar-refractivity contribution >= 4 is 77.8 Å². The summed E-state index contributed by atoms with van der Waals surface area (Å²) >= 11 is 0. The van der Waals surface area contributed by atoms with Gasteiger partial charge in [-0.1, -0.05) is 183 Å². The van der Waals surface area contributed by atoms with Gasteiger partial charge < -0.3 is 19.3 Å². The number of hydrogen-bond donors (Lipinski definition) is 1. The smallest absolute Gasteiger partial charge is 0.147 e. The molecule has 4 nitrogen and oxygen atoms in total. The van der Waals surface area contributed by atoms with E-state index in [1.807, 2.05) is 6.07 Å². The van der Waals surface area contributed by atoms with Crippen LogP contribution in [0.3, 0.4) is 0 Å². The number of anilines is 5. The third kappa shape index (κ3) is 7.34. The molecule has 0 spiro atoms. The van der Waals surface area contributed by atoms with Crippen molar-refractivity contribution in [3.8, 4) is 28.0 Å². The first-order valence-electron chi connectivity index (χ1n) is 26.1. The molecule has 0 fully saturated rings. The van der Waals surface area contributed by atoms with Gasteiger partial charge in [0, 0.05) is 55.8 Å². The molecular weight excluding hydrogens is 901 g/mol. The van der Waals surface area contributed by atoms with Crippen molar-refractivity contribution in [2.45, 2.75) is 59.9 Å². The second-order valence-electron chi connectivity index (χ2n) is 20.9. The van der Waals surface area contributed by atoms with E-state index < -0.39 is 0 Å². The highest BCUT2D eigenvalue weighted by atomic mass is 16.3. The Bertz CT molecular complexity index is 4130. The number of para-hydroxylation sites is 2. The van der Waals surface area contributed by atoms with E-state index in [-0.39, 0.29) is 17.7 Å². The number of furan rings is 1. The predicted octanol–water partition coefficient (Wildman–Crippen LogP) is 19.5. The van der Waals surface area contributed by atoms with Gasteiger partial charge >= 0.3 is 0 Å². The second-order valence-corrected chi connectivity index (χ2v) is 20.9. The van der Waals surface area contributed by atoms with E-state index in [2.05, 4.69) is 252 Å². The van der Waals surface area contributed by atoms with Crippen LogP contribution in [0, 0.1) is 40.5 Å². The Hall–Kier alpha value is -8.60. The highest BCUT2D eigenvalue weighted by Gasteiger charge is 2.34. The van der Waals surface area contributed by atoms with Gasteiger partial charge in [0.1, 0.15) is 17.1 Å². The van der Waals surface area contributed by atoms with Gasteiger partial charge in [-0.2, -0.15) is 0 Å². The van der Waals surface area contributed by atoms with Crippen LogP contribution in [0.1, 0.15) is 70.0 Å². The highest BCUT2D eigenvalue weighted by Crippen LogP contribution is 2.53. The Morgan fingerprint density at radius 3 is 1.93 bits per heavy atom. The molecule has 0 saturated carbocycles. The molecule has 0 aliphatic heterocycles. The standard InChI is InChI=1S/C70H58N2O2/c1-42-27-29-46(5)64(39-42)71(62-25-13-21-54(68(62)73)51-18-11-17-50(41-51)52-19-9-7-15-44(52)3)60-37-33-48-32-36-59-61(38-34-49-31-35-58(60)66(48)67(49)59)72(65-40-43(2)28-30-47(65)6)63-26-14-24-57-56-23-12-22-55(69(56)74-70(57)63)53-20-10-8-16-45(53)4/h7-25,27-41,44,52,63,73H,26H2,1-6H3. The van der Waals surface area contributed by atoms with Crippen molar-refractivity contribution in [1.82, 2.24) is 0 Å². The molecule has 0 bridgehead atoms. The van der Waals surface area contributed by atoms with Crippen LogP contribution in [0.15, 0.2) is 205 Å². The largest absolute Gasteiger partial charge is 0.505 e. The summed E-state index contributed by atoms with van der Waals surface area (Å²) in [6, 6.07) is 61.7. The first kappa shape index (κ1) is 45.3. The minimum absolute atomic E-state index is 0.128. The molecule has 4 heteroatoms. The highest BCUT2D eigenvalue weighted by molar-refractivity contribution is 6.28. The molecule has 1 aromatic heterocycles. The Balaban J connectivity index is 1.01. The molecule has 0 amide bonds. The number of aromatic hydroxyl groups is 1. The van der Waals surface area contributed by atoms with E-state index in [1.165, 1.54) is 49.4 Å². The van der Waals surface area contributed by atoms with Crippen LogP contribution < -0.4 is 9.80 Å². The quantitative estimate of drug-likeness (QED) is 0.146. The summed E-state index contributed by atoms with van der Waals surface area (Å²) in [7, 11) is 0. The number of benzene rings is 10.